The van der Waals surface area contributed by atoms with Crippen LogP contribution in [0.25, 0.3) is 0 Å². The van der Waals surface area contributed by atoms with E-state index in [1.165, 1.54) is 0 Å². The highest BCUT2D eigenvalue weighted by Crippen LogP contribution is 2.30. The molecular weight excluding hydrogens is 200 g/mol. The van der Waals surface area contributed by atoms with Crippen LogP contribution in [0.5, 0.6) is 5.88 Å². The molecule has 2 N–H and O–H groups in total. The first kappa shape index (κ1) is 10.1. The first-order valence-electron chi connectivity index (χ1n) is 3.36. The maximum Gasteiger partial charge on any atom is 0.388 e. The topological polar surface area (TPSA) is 91.3 Å². The molecule has 1 rings (SSSR count). The minimum Gasteiger partial charge on any atom is -0.411 e. The van der Waals surface area contributed by atoms with Crippen LogP contribution in [0.1, 0.15) is 0 Å². The van der Waals surface area contributed by atoms with Crippen LogP contribution in [0.3, 0.4) is 0 Å². The third-order valence-corrected chi connectivity index (χ3v) is 1.31. The number of nitro groups is 1. The Morgan fingerprint density at radius 2 is 2.29 bits per heavy atom. The molecule has 1 aromatic rings. The van der Waals surface area contributed by atoms with Gasteiger partial charge < -0.3 is 10.5 Å². The quantitative estimate of drug-likeness (QED) is 0.590. The van der Waals surface area contributed by atoms with Crippen molar-refractivity contribution in [2.24, 2.45) is 0 Å². The van der Waals surface area contributed by atoms with E-state index in [0.29, 0.717) is 0 Å². The number of hydrogen-bond donors (Lipinski definition) is 1. The number of pyridine rings is 1. The first-order chi connectivity index (χ1) is 6.52. The molecule has 76 valence electrons. The highest BCUT2D eigenvalue weighted by atomic mass is 19.3. The molecule has 1 heterocycles. The Balaban J connectivity index is 3.14. The summed E-state index contributed by atoms with van der Waals surface area (Å²) in [6.07, 6.45) is 1.04. The van der Waals surface area contributed by atoms with E-state index in [1.54, 1.807) is 0 Å². The number of alkyl halides is 2. The molecule has 0 amide bonds. The van der Waals surface area contributed by atoms with Gasteiger partial charge in [0.2, 0.25) is 0 Å². The average Bonchev–Trinajstić information content (AvgIpc) is 2.01. The van der Waals surface area contributed by atoms with Gasteiger partial charge in [-0.3, -0.25) is 10.1 Å². The molecule has 8 heteroatoms. The van der Waals surface area contributed by atoms with Crippen molar-refractivity contribution in [2.75, 3.05) is 5.73 Å². The fourth-order valence-electron chi connectivity index (χ4n) is 0.803. The molecule has 0 bridgehead atoms. The van der Waals surface area contributed by atoms with Crippen LogP contribution in [-0.2, 0) is 0 Å². The number of hydrogen-bond acceptors (Lipinski definition) is 5. The second-order valence-electron chi connectivity index (χ2n) is 2.19. The van der Waals surface area contributed by atoms with Gasteiger partial charge in [-0.1, -0.05) is 0 Å². The van der Waals surface area contributed by atoms with Crippen molar-refractivity contribution in [1.29, 1.82) is 0 Å². The first-order valence-corrected chi connectivity index (χ1v) is 3.36. The number of nitrogen functional groups attached to an aromatic ring is 1. The molecule has 0 aromatic carbocycles. The summed E-state index contributed by atoms with van der Waals surface area (Å²) in [6, 6.07) is 1.12. The molecule has 0 saturated heterocycles. The Kier molecular flexibility index (Phi) is 2.75. The van der Waals surface area contributed by atoms with Gasteiger partial charge in [-0.05, 0) is 6.07 Å². The molecule has 0 aliphatic rings. The molecular formula is C6H5F2N3O3. The standard InChI is InChI=1S/C6H5F2N3O3/c7-6(8)14-5-4(11(12)13)3(9)1-2-10-5/h1-2,6H,(H2,9,10). The zero-order chi connectivity index (χ0) is 10.7. The molecule has 0 radical (unpaired) electrons. The predicted molar refractivity (Wildman–Crippen MR) is 41.9 cm³/mol. The molecule has 0 saturated carbocycles. The second kappa shape index (κ2) is 3.81. The van der Waals surface area contributed by atoms with Crippen LogP contribution in [0.4, 0.5) is 20.2 Å². The van der Waals surface area contributed by atoms with Gasteiger partial charge in [0.15, 0.2) is 0 Å². The van der Waals surface area contributed by atoms with Gasteiger partial charge >= 0.3 is 18.2 Å². The molecule has 1 aromatic heterocycles. The van der Waals surface area contributed by atoms with Crippen LogP contribution in [0.15, 0.2) is 12.3 Å². The van der Waals surface area contributed by atoms with Gasteiger partial charge in [-0.2, -0.15) is 8.78 Å². The summed E-state index contributed by atoms with van der Waals surface area (Å²) in [4.78, 5) is 12.7. The van der Waals surface area contributed by atoms with E-state index in [9.17, 15) is 18.9 Å². The van der Waals surface area contributed by atoms with Gasteiger partial charge in [-0.25, -0.2) is 4.98 Å². The largest absolute Gasteiger partial charge is 0.411 e. The van der Waals surface area contributed by atoms with Crippen molar-refractivity contribution in [3.63, 3.8) is 0 Å². The van der Waals surface area contributed by atoms with E-state index in [0.717, 1.165) is 12.3 Å². The van der Waals surface area contributed by atoms with Crippen LogP contribution < -0.4 is 10.5 Å². The highest BCUT2D eigenvalue weighted by Gasteiger charge is 2.23. The zero-order valence-electron chi connectivity index (χ0n) is 6.68. The van der Waals surface area contributed by atoms with E-state index >= 15 is 0 Å². The minimum absolute atomic E-state index is 0.277. The molecule has 0 aliphatic heterocycles. The highest BCUT2D eigenvalue weighted by molar-refractivity contribution is 5.62. The molecule has 0 fully saturated rings. The third kappa shape index (κ3) is 2.03. The lowest BCUT2D eigenvalue weighted by atomic mass is 10.3. The summed E-state index contributed by atoms with van der Waals surface area (Å²) in [5.41, 5.74) is 4.16. The third-order valence-electron chi connectivity index (χ3n) is 1.31. The SMILES string of the molecule is Nc1ccnc(OC(F)F)c1[N+](=O)[O-]. The summed E-state index contributed by atoms with van der Waals surface area (Å²) in [5.74, 6) is -0.787. The Morgan fingerprint density at radius 1 is 1.64 bits per heavy atom. The lowest BCUT2D eigenvalue weighted by Gasteiger charge is -2.04. The number of rotatable bonds is 3. The molecule has 0 unspecified atom stereocenters. The molecule has 0 aliphatic carbocycles. The Hall–Kier alpha value is -1.99. The second-order valence-corrected chi connectivity index (χ2v) is 2.19. The summed E-state index contributed by atoms with van der Waals surface area (Å²) in [6.45, 7) is -3.18. The monoisotopic (exact) mass is 205 g/mol. The normalized spacial score (nSPS) is 10.2. The lowest BCUT2D eigenvalue weighted by molar-refractivity contribution is -0.385. The van der Waals surface area contributed by atoms with Crippen molar-refractivity contribution >= 4 is 11.4 Å². The smallest absolute Gasteiger partial charge is 0.388 e. The van der Waals surface area contributed by atoms with E-state index in [2.05, 4.69) is 9.72 Å². The van der Waals surface area contributed by atoms with Crippen LogP contribution >= 0.6 is 0 Å². The van der Waals surface area contributed by atoms with Crippen LogP contribution in [-0.4, -0.2) is 16.5 Å². The van der Waals surface area contributed by atoms with Crippen LogP contribution in [0, 0.1) is 10.1 Å². The molecule has 6 nitrogen and oxygen atoms in total. The average molecular weight is 205 g/mol. The Bertz CT molecular complexity index is 358. The Morgan fingerprint density at radius 3 is 2.79 bits per heavy atom. The number of halogens is 2. The zero-order valence-corrected chi connectivity index (χ0v) is 6.68. The number of anilines is 1. The van der Waals surface area contributed by atoms with Crippen LogP contribution in [0.2, 0.25) is 0 Å². The maximum absolute atomic E-state index is 11.8. The minimum atomic E-state index is -3.18. The molecule has 14 heavy (non-hydrogen) atoms. The van der Waals surface area contributed by atoms with Gasteiger partial charge in [0.25, 0.3) is 0 Å². The summed E-state index contributed by atoms with van der Waals surface area (Å²) >= 11 is 0. The van der Waals surface area contributed by atoms with Crippen molar-refractivity contribution < 1.29 is 18.4 Å². The van der Waals surface area contributed by atoms with Crippen molar-refractivity contribution in [1.82, 2.24) is 4.98 Å². The van der Waals surface area contributed by atoms with Crippen molar-refractivity contribution in [3.8, 4) is 5.88 Å². The van der Waals surface area contributed by atoms with E-state index in [-0.39, 0.29) is 5.69 Å². The summed E-state index contributed by atoms with van der Waals surface area (Å²) < 4.78 is 27.4. The number of nitrogens with two attached hydrogens (primary N) is 1. The number of ether oxygens (including phenoxy) is 1. The van der Waals surface area contributed by atoms with Gasteiger partial charge in [-0.15, -0.1) is 0 Å². The molecule has 0 spiro atoms. The summed E-state index contributed by atoms with van der Waals surface area (Å²) in [7, 11) is 0. The van der Waals surface area contributed by atoms with E-state index in [4.69, 9.17) is 5.73 Å². The van der Waals surface area contributed by atoms with Gasteiger partial charge in [0, 0.05) is 6.20 Å². The summed E-state index contributed by atoms with van der Waals surface area (Å²) in [5, 5.41) is 10.4. The van der Waals surface area contributed by atoms with Gasteiger partial charge in [0.05, 0.1) is 4.92 Å². The predicted octanol–water partition coefficient (Wildman–Crippen LogP) is 1.17. The fraction of sp³-hybridized carbons (Fsp3) is 0.167. The lowest BCUT2D eigenvalue weighted by Crippen LogP contribution is -2.07. The van der Waals surface area contributed by atoms with Gasteiger partial charge in [0.1, 0.15) is 5.69 Å². The fourth-order valence-corrected chi connectivity index (χ4v) is 0.803. The maximum atomic E-state index is 11.8. The number of nitrogens with zero attached hydrogens (tertiary/aromatic N) is 2. The number of aromatic nitrogens is 1. The van der Waals surface area contributed by atoms with E-state index in [1.807, 2.05) is 0 Å². The van der Waals surface area contributed by atoms with Crippen molar-refractivity contribution in [2.45, 2.75) is 6.61 Å². The van der Waals surface area contributed by atoms with E-state index < -0.39 is 23.1 Å². The van der Waals surface area contributed by atoms with Crippen molar-refractivity contribution in [3.05, 3.63) is 22.4 Å². The molecule has 0 atom stereocenters. The Labute approximate surface area is 76.5 Å².